The molecule has 1 aliphatic carbocycles. The van der Waals surface area contributed by atoms with Crippen LogP contribution < -0.4 is 5.32 Å². The maximum Gasteiger partial charge on any atom is 0.228 e. The van der Waals surface area contributed by atoms with Gasteiger partial charge in [-0.2, -0.15) is 5.10 Å². The minimum absolute atomic E-state index is 0.165. The minimum atomic E-state index is 0.165. The first-order chi connectivity index (χ1) is 9.74. The zero-order valence-corrected chi connectivity index (χ0v) is 12.7. The molecular weight excluding hydrogens is 250 g/mol. The number of rotatable bonds is 6. The van der Waals surface area contributed by atoms with Crippen LogP contribution in [-0.4, -0.2) is 16.1 Å². The number of nitrogens with one attached hydrogen (secondary N) is 2. The van der Waals surface area contributed by atoms with Gasteiger partial charge in [-0.15, -0.1) is 0 Å². The van der Waals surface area contributed by atoms with Crippen LogP contribution in [0.3, 0.4) is 0 Å². The molecular formula is C16H27N3O. The van der Waals surface area contributed by atoms with Gasteiger partial charge in [0.05, 0.1) is 6.20 Å². The number of carbonyl (C=O) groups is 1. The minimum Gasteiger partial charge on any atom is -0.311 e. The van der Waals surface area contributed by atoms with Crippen molar-refractivity contribution in [3.8, 4) is 0 Å². The highest BCUT2D eigenvalue weighted by Gasteiger charge is 2.26. The lowest BCUT2D eigenvalue weighted by atomic mass is 9.79. The summed E-state index contributed by atoms with van der Waals surface area (Å²) >= 11 is 0. The van der Waals surface area contributed by atoms with Crippen molar-refractivity contribution in [2.45, 2.75) is 65.2 Å². The first kappa shape index (κ1) is 15.1. The quantitative estimate of drug-likeness (QED) is 0.828. The van der Waals surface area contributed by atoms with Crippen LogP contribution in [0.4, 0.5) is 5.82 Å². The summed E-state index contributed by atoms with van der Waals surface area (Å²) in [6.07, 6.45) is 11.1. The van der Waals surface area contributed by atoms with Gasteiger partial charge in [-0.3, -0.25) is 9.89 Å². The van der Waals surface area contributed by atoms with E-state index in [9.17, 15) is 4.79 Å². The number of hydrogen-bond acceptors (Lipinski definition) is 2. The molecule has 112 valence electrons. The van der Waals surface area contributed by atoms with Crippen LogP contribution in [0.2, 0.25) is 0 Å². The van der Waals surface area contributed by atoms with Gasteiger partial charge >= 0.3 is 0 Å². The van der Waals surface area contributed by atoms with E-state index in [1.54, 1.807) is 6.20 Å². The van der Waals surface area contributed by atoms with E-state index in [1.807, 2.05) is 0 Å². The van der Waals surface area contributed by atoms with E-state index >= 15 is 0 Å². The average Bonchev–Trinajstić information content (AvgIpc) is 2.92. The molecule has 1 fully saturated rings. The van der Waals surface area contributed by atoms with E-state index in [-0.39, 0.29) is 11.8 Å². The van der Waals surface area contributed by atoms with Gasteiger partial charge in [-0.1, -0.05) is 33.1 Å². The molecule has 4 heteroatoms. The van der Waals surface area contributed by atoms with E-state index < -0.39 is 0 Å². The third-order valence-corrected chi connectivity index (χ3v) is 4.53. The summed E-state index contributed by atoms with van der Waals surface area (Å²) in [6.45, 7) is 4.31. The molecule has 0 aromatic carbocycles. The summed E-state index contributed by atoms with van der Waals surface area (Å²) in [6, 6.07) is 0. The molecule has 1 heterocycles. The predicted molar refractivity (Wildman–Crippen MR) is 81.6 cm³/mol. The van der Waals surface area contributed by atoms with Gasteiger partial charge < -0.3 is 5.32 Å². The third kappa shape index (κ3) is 3.84. The van der Waals surface area contributed by atoms with Crippen LogP contribution in [0, 0.1) is 11.8 Å². The number of H-pyrrole nitrogens is 1. The third-order valence-electron chi connectivity index (χ3n) is 4.53. The SMILES string of the molecule is CCCCC1CCC(C(=O)Nc2[nH]ncc2CC)CC1. The second-order valence-corrected chi connectivity index (χ2v) is 5.97. The van der Waals surface area contributed by atoms with E-state index in [1.165, 1.54) is 32.1 Å². The molecule has 1 aromatic heterocycles. The maximum atomic E-state index is 12.3. The number of aromatic nitrogens is 2. The fraction of sp³-hybridized carbons (Fsp3) is 0.750. The number of amides is 1. The fourth-order valence-corrected chi connectivity index (χ4v) is 3.12. The lowest BCUT2D eigenvalue weighted by molar-refractivity contribution is -0.121. The lowest BCUT2D eigenvalue weighted by Crippen LogP contribution is -2.27. The predicted octanol–water partition coefficient (Wildman–Crippen LogP) is 3.91. The number of aromatic amines is 1. The second kappa shape index (κ2) is 7.46. The van der Waals surface area contributed by atoms with Crippen LogP contribution in [-0.2, 0) is 11.2 Å². The Morgan fingerprint density at radius 1 is 1.35 bits per heavy atom. The average molecular weight is 277 g/mol. The standard InChI is InChI=1S/C16H27N3O/c1-3-5-6-12-7-9-14(10-8-12)16(20)18-15-13(4-2)11-17-19-15/h11-12,14H,3-10H2,1-2H3,(H2,17,18,19,20). The molecule has 4 nitrogen and oxygen atoms in total. The number of unbranched alkanes of at least 4 members (excludes halogenated alkanes) is 1. The molecule has 0 aliphatic heterocycles. The van der Waals surface area contributed by atoms with Crippen molar-refractivity contribution in [3.05, 3.63) is 11.8 Å². The van der Waals surface area contributed by atoms with Crippen molar-refractivity contribution in [1.82, 2.24) is 10.2 Å². The van der Waals surface area contributed by atoms with Crippen LogP contribution in [0.1, 0.15) is 64.4 Å². The van der Waals surface area contributed by atoms with Crippen LogP contribution in [0.15, 0.2) is 6.20 Å². The molecule has 0 atom stereocenters. The Kier molecular flexibility index (Phi) is 5.62. The zero-order valence-electron chi connectivity index (χ0n) is 12.7. The van der Waals surface area contributed by atoms with Crippen molar-refractivity contribution in [2.24, 2.45) is 11.8 Å². The smallest absolute Gasteiger partial charge is 0.228 e. The topological polar surface area (TPSA) is 57.8 Å². The molecule has 1 aromatic rings. The number of nitrogens with zero attached hydrogens (tertiary/aromatic N) is 1. The Labute approximate surface area is 121 Å². The number of carbonyl (C=O) groups excluding carboxylic acids is 1. The summed E-state index contributed by atoms with van der Waals surface area (Å²) in [5.74, 6) is 1.97. The summed E-state index contributed by atoms with van der Waals surface area (Å²) < 4.78 is 0. The molecule has 2 rings (SSSR count). The molecule has 1 aliphatic rings. The Morgan fingerprint density at radius 3 is 2.75 bits per heavy atom. The Morgan fingerprint density at radius 2 is 2.10 bits per heavy atom. The van der Waals surface area contributed by atoms with Gasteiger partial charge in [0.25, 0.3) is 0 Å². The molecule has 1 saturated carbocycles. The maximum absolute atomic E-state index is 12.3. The monoisotopic (exact) mass is 277 g/mol. The Bertz CT molecular complexity index is 419. The number of hydrogen-bond donors (Lipinski definition) is 2. The largest absolute Gasteiger partial charge is 0.311 e. The van der Waals surface area contributed by atoms with E-state index in [2.05, 4.69) is 29.4 Å². The molecule has 0 saturated heterocycles. The molecule has 0 bridgehead atoms. The summed E-state index contributed by atoms with van der Waals surface area (Å²) in [4.78, 5) is 12.3. The van der Waals surface area contributed by atoms with Gasteiger partial charge in [0, 0.05) is 11.5 Å². The highest BCUT2D eigenvalue weighted by Crippen LogP contribution is 2.32. The van der Waals surface area contributed by atoms with Gasteiger partial charge in [0.1, 0.15) is 5.82 Å². The number of aryl methyl sites for hydroxylation is 1. The number of anilines is 1. The van der Waals surface area contributed by atoms with Crippen molar-refractivity contribution in [1.29, 1.82) is 0 Å². The first-order valence-corrected chi connectivity index (χ1v) is 8.07. The van der Waals surface area contributed by atoms with Gasteiger partial charge in [-0.25, -0.2) is 0 Å². The molecule has 0 spiro atoms. The van der Waals surface area contributed by atoms with Gasteiger partial charge in [0.15, 0.2) is 0 Å². The molecule has 2 N–H and O–H groups in total. The normalized spacial score (nSPS) is 22.7. The Hall–Kier alpha value is -1.32. The highest BCUT2D eigenvalue weighted by molar-refractivity contribution is 5.92. The molecule has 1 amide bonds. The van der Waals surface area contributed by atoms with E-state index in [0.717, 1.165) is 36.6 Å². The molecule has 20 heavy (non-hydrogen) atoms. The second-order valence-electron chi connectivity index (χ2n) is 5.97. The van der Waals surface area contributed by atoms with Crippen LogP contribution in [0.25, 0.3) is 0 Å². The molecule has 0 unspecified atom stereocenters. The van der Waals surface area contributed by atoms with E-state index in [4.69, 9.17) is 0 Å². The summed E-state index contributed by atoms with van der Waals surface area (Å²) in [7, 11) is 0. The van der Waals surface area contributed by atoms with Crippen LogP contribution in [0.5, 0.6) is 0 Å². The van der Waals surface area contributed by atoms with Crippen molar-refractivity contribution in [2.75, 3.05) is 5.32 Å². The van der Waals surface area contributed by atoms with Gasteiger partial charge in [0.2, 0.25) is 5.91 Å². The van der Waals surface area contributed by atoms with Crippen molar-refractivity contribution < 1.29 is 4.79 Å². The lowest BCUT2D eigenvalue weighted by Gasteiger charge is -2.27. The van der Waals surface area contributed by atoms with Crippen molar-refractivity contribution >= 4 is 11.7 Å². The summed E-state index contributed by atoms with van der Waals surface area (Å²) in [5.41, 5.74) is 1.08. The molecule has 0 radical (unpaired) electrons. The van der Waals surface area contributed by atoms with Gasteiger partial charge in [-0.05, 0) is 38.0 Å². The van der Waals surface area contributed by atoms with Crippen molar-refractivity contribution in [3.63, 3.8) is 0 Å². The fourth-order valence-electron chi connectivity index (χ4n) is 3.12. The highest BCUT2D eigenvalue weighted by atomic mass is 16.1. The summed E-state index contributed by atoms with van der Waals surface area (Å²) in [5, 5.41) is 9.89. The van der Waals surface area contributed by atoms with E-state index in [0.29, 0.717) is 0 Å². The first-order valence-electron chi connectivity index (χ1n) is 8.07. The van der Waals surface area contributed by atoms with Crippen LogP contribution >= 0.6 is 0 Å². The zero-order chi connectivity index (χ0) is 14.4. The Balaban J connectivity index is 1.80.